The molecule has 2 nitrogen and oxygen atoms in total. The monoisotopic (exact) mass is 248 g/mol. The van der Waals surface area contributed by atoms with Crippen LogP contribution in [0, 0.1) is 12.8 Å². The van der Waals surface area contributed by atoms with Gasteiger partial charge in [0.05, 0.1) is 16.9 Å². The third-order valence-corrected chi connectivity index (χ3v) is 3.86. The molecule has 0 N–H and O–H groups in total. The average Bonchev–Trinajstić information content (AvgIpc) is 3.08. The maximum atomic E-state index is 6.00. The fraction of sp³-hybridized carbons (Fsp3) is 0.500. The molecule has 1 aliphatic carbocycles. The highest BCUT2D eigenvalue weighted by Crippen LogP contribution is 2.33. The van der Waals surface area contributed by atoms with Crippen molar-refractivity contribution in [1.29, 1.82) is 0 Å². The lowest BCUT2D eigenvalue weighted by atomic mass is 10.2. The maximum Gasteiger partial charge on any atom is 0.124 e. The number of imidazole rings is 1. The van der Waals surface area contributed by atoms with E-state index in [-0.39, 0.29) is 0 Å². The second-order valence-corrected chi connectivity index (χ2v) is 5.26. The maximum absolute atomic E-state index is 6.00. The van der Waals surface area contributed by atoms with Crippen molar-refractivity contribution in [2.45, 2.75) is 38.6 Å². The molecule has 0 spiro atoms. The standard InChI is InChI=1S/C14H17ClN2/c1-10-3-2-4-12-14(10)17(13(9-15)16-12)8-7-11-5-6-11/h2-4,11H,5-9H2,1H3. The van der Waals surface area contributed by atoms with Gasteiger partial charge in [0.2, 0.25) is 0 Å². The third kappa shape index (κ3) is 2.06. The molecule has 1 heterocycles. The van der Waals surface area contributed by atoms with Crippen LogP contribution in [0.15, 0.2) is 18.2 Å². The van der Waals surface area contributed by atoms with Gasteiger partial charge in [-0.1, -0.05) is 25.0 Å². The van der Waals surface area contributed by atoms with Gasteiger partial charge in [-0.3, -0.25) is 0 Å². The zero-order valence-electron chi connectivity index (χ0n) is 10.1. The Morgan fingerprint density at radius 1 is 1.41 bits per heavy atom. The Hall–Kier alpha value is -1.02. The molecule has 0 amide bonds. The Kier molecular flexibility index (Phi) is 2.83. The molecule has 1 fully saturated rings. The lowest BCUT2D eigenvalue weighted by molar-refractivity contribution is 0.594. The summed E-state index contributed by atoms with van der Waals surface area (Å²) in [5.41, 5.74) is 3.64. The first kappa shape index (κ1) is 11.1. The highest BCUT2D eigenvalue weighted by atomic mass is 35.5. The first-order valence-electron chi connectivity index (χ1n) is 6.30. The van der Waals surface area contributed by atoms with Gasteiger partial charge < -0.3 is 4.57 Å². The van der Waals surface area contributed by atoms with Crippen LogP contribution in [0.4, 0.5) is 0 Å². The van der Waals surface area contributed by atoms with Crippen molar-refractivity contribution in [3.8, 4) is 0 Å². The van der Waals surface area contributed by atoms with E-state index in [0.717, 1.165) is 23.8 Å². The summed E-state index contributed by atoms with van der Waals surface area (Å²) < 4.78 is 2.32. The molecular weight excluding hydrogens is 232 g/mol. The third-order valence-electron chi connectivity index (χ3n) is 3.62. The van der Waals surface area contributed by atoms with Crippen LogP contribution in [0.5, 0.6) is 0 Å². The number of aryl methyl sites for hydroxylation is 2. The molecule has 3 heteroatoms. The predicted molar refractivity (Wildman–Crippen MR) is 71.4 cm³/mol. The zero-order chi connectivity index (χ0) is 11.8. The van der Waals surface area contributed by atoms with E-state index < -0.39 is 0 Å². The Morgan fingerprint density at radius 3 is 2.94 bits per heavy atom. The van der Waals surface area contributed by atoms with Crippen molar-refractivity contribution in [2.75, 3.05) is 0 Å². The van der Waals surface area contributed by atoms with Gasteiger partial charge in [-0.05, 0) is 30.9 Å². The highest BCUT2D eigenvalue weighted by Gasteiger charge is 2.22. The number of fused-ring (bicyclic) bond motifs is 1. The van der Waals surface area contributed by atoms with E-state index in [4.69, 9.17) is 11.6 Å². The molecule has 0 radical (unpaired) electrons. The fourth-order valence-corrected chi connectivity index (χ4v) is 2.68. The lowest BCUT2D eigenvalue weighted by Crippen LogP contribution is -2.04. The van der Waals surface area contributed by atoms with Gasteiger partial charge in [-0.25, -0.2) is 4.98 Å². The van der Waals surface area contributed by atoms with Crippen molar-refractivity contribution in [1.82, 2.24) is 9.55 Å². The normalized spacial score (nSPS) is 15.6. The van der Waals surface area contributed by atoms with Crippen LogP contribution >= 0.6 is 11.6 Å². The lowest BCUT2D eigenvalue weighted by Gasteiger charge is -2.08. The number of hydrogen-bond acceptors (Lipinski definition) is 1. The van der Waals surface area contributed by atoms with Crippen LogP contribution in [0.25, 0.3) is 11.0 Å². The molecule has 1 aliphatic rings. The number of alkyl halides is 1. The van der Waals surface area contributed by atoms with Crippen molar-refractivity contribution >= 4 is 22.6 Å². The van der Waals surface area contributed by atoms with E-state index in [1.165, 1.54) is 30.3 Å². The van der Waals surface area contributed by atoms with E-state index in [1.807, 2.05) is 0 Å². The summed E-state index contributed by atoms with van der Waals surface area (Å²) in [7, 11) is 0. The number of rotatable bonds is 4. The van der Waals surface area contributed by atoms with Crippen molar-refractivity contribution in [3.63, 3.8) is 0 Å². The summed E-state index contributed by atoms with van der Waals surface area (Å²) in [6, 6.07) is 6.29. The minimum atomic E-state index is 0.499. The molecule has 2 aromatic rings. The number of para-hydroxylation sites is 1. The second-order valence-electron chi connectivity index (χ2n) is 4.99. The first-order chi connectivity index (χ1) is 8.29. The first-order valence-corrected chi connectivity index (χ1v) is 6.83. The van der Waals surface area contributed by atoms with Crippen LogP contribution < -0.4 is 0 Å². The van der Waals surface area contributed by atoms with E-state index >= 15 is 0 Å². The molecule has 3 rings (SSSR count). The number of hydrogen-bond donors (Lipinski definition) is 0. The largest absolute Gasteiger partial charge is 0.327 e. The smallest absolute Gasteiger partial charge is 0.124 e. The molecule has 1 saturated carbocycles. The van der Waals surface area contributed by atoms with Crippen LogP contribution in [0.2, 0.25) is 0 Å². The zero-order valence-corrected chi connectivity index (χ0v) is 10.9. The van der Waals surface area contributed by atoms with Crippen LogP contribution in [0.3, 0.4) is 0 Å². The number of aromatic nitrogens is 2. The molecule has 90 valence electrons. The van der Waals surface area contributed by atoms with E-state index in [2.05, 4.69) is 34.7 Å². The SMILES string of the molecule is Cc1cccc2nc(CCl)n(CCC3CC3)c12. The molecular formula is C14H17ClN2. The van der Waals surface area contributed by atoms with Crippen LogP contribution in [0.1, 0.15) is 30.7 Å². The highest BCUT2D eigenvalue weighted by molar-refractivity contribution is 6.16. The molecule has 17 heavy (non-hydrogen) atoms. The van der Waals surface area contributed by atoms with Gasteiger partial charge in [0.15, 0.2) is 0 Å². The quantitative estimate of drug-likeness (QED) is 0.751. The Bertz CT molecular complexity index is 540. The van der Waals surface area contributed by atoms with Gasteiger partial charge >= 0.3 is 0 Å². The Morgan fingerprint density at radius 2 is 2.24 bits per heavy atom. The summed E-state index contributed by atoms with van der Waals surface area (Å²) in [6.07, 6.45) is 4.08. The van der Waals surface area contributed by atoms with Crippen molar-refractivity contribution < 1.29 is 0 Å². The van der Waals surface area contributed by atoms with Gasteiger partial charge in [-0.15, -0.1) is 11.6 Å². The predicted octanol–water partition coefficient (Wildman–Crippen LogP) is 3.88. The Labute approximate surface area is 107 Å². The fourth-order valence-electron chi connectivity index (χ4n) is 2.47. The average molecular weight is 249 g/mol. The molecule has 0 bridgehead atoms. The summed E-state index contributed by atoms with van der Waals surface area (Å²) in [6.45, 7) is 3.21. The summed E-state index contributed by atoms with van der Waals surface area (Å²) in [5.74, 6) is 2.45. The number of halogens is 1. The van der Waals surface area contributed by atoms with Gasteiger partial charge in [-0.2, -0.15) is 0 Å². The molecule has 0 unspecified atom stereocenters. The second kappa shape index (κ2) is 4.34. The van der Waals surface area contributed by atoms with E-state index in [0.29, 0.717) is 5.88 Å². The van der Waals surface area contributed by atoms with E-state index in [1.54, 1.807) is 0 Å². The number of nitrogens with zero attached hydrogens (tertiary/aromatic N) is 2. The minimum absolute atomic E-state index is 0.499. The van der Waals surface area contributed by atoms with Crippen LogP contribution in [-0.4, -0.2) is 9.55 Å². The van der Waals surface area contributed by atoms with Crippen molar-refractivity contribution in [3.05, 3.63) is 29.6 Å². The van der Waals surface area contributed by atoms with Gasteiger partial charge in [0, 0.05) is 6.54 Å². The minimum Gasteiger partial charge on any atom is -0.327 e. The summed E-state index contributed by atoms with van der Waals surface area (Å²) >= 11 is 6.00. The van der Waals surface area contributed by atoms with Crippen LogP contribution in [-0.2, 0) is 12.4 Å². The molecule has 0 atom stereocenters. The van der Waals surface area contributed by atoms with Crippen molar-refractivity contribution in [2.24, 2.45) is 5.92 Å². The Balaban J connectivity index is 2.04. The summed E-state index contributed by atoms with van der Waals surface area (Å²) in [4.78, 5) is 4.62. The van der Waals surface area contributed by atoms with Gasteiger partial charge in [0.1, 0.15) is 5.82 Å². The molecule has 1 aromatic heterocycles. The molecule has 0 saturated heterocycles. The molecule has 1 aromatic carbocycles. The summed E-state index contributed by atoms with van der Waals surface area (Å²) in [5, 5.41) is 0. The van der Waals surface area contributed by atoms with Gasteiger partial charge in [0.25, 0.3) is 0 Å². The van der Waals surface area contributed by atoms with E-state index in [9.17, 15) is 0 Å². The molecule has 0 aliphatic heterocycles. The topological polar surface area (TPSA) is 17.8 Å². The number of benzene rings is 1.